The summed E-state index contributed by atoms with van der Waals surface area (Å²) in [5.41, 5.74) is 1.60. The minimum atomic E-state index is -0.295. The van der Waals surface area contributed by atoms with Gasteiger partial charge in [-0.3, -0.25) is 19.7 Å². The van der Waals surface area contributed by atoms with Crippen LogP contribution in [0.5, 0.6) is 0 Å². The molecule has 0 radical (unpaired) electrons. The van der Waals surface area contributed by atoms with Gasteiger partial charge >= 0.3 is 0 Å². The molecule has 1 aliphatic carbocycles. The van der Waals surface area contributed by atoms with E-state index in [4.69, 9.17) is 0 Å². The summed E-state index contributed by atoms with van der Waals surface area (Å²) in [5, 5.41) is 5.52. The molecule has 5 nitrogen and oxygen atoms in total. The Kier molecular flexibility index (Phi) is 5.21. The second-order valence-corrected chi connectivity index (χ2v) is 7.60. The quantitative estimate of drug-likeness (QED) is 0.825. The molecule has 1 aromatic carbocycles. The van der Waals surface area contributed by atoms with Crippen LogP contribution in [0.3, 0.4) is 0 Å². The van der Waals surface area contributed by atoms with Crippen molar-refractivity contribution >= 4 is 17.7 Å². The highest BCUT2D eigenvalue weighted by Crippen LogP contribution is 2.29. The second-order valence-electron chi connectivity index (χ2n) is 7.60. The second kappa shape index (κ2) is 7.38. The van der Waals surface area contributed by atoms with Crippen LogP contribution in [0.1, 0.15) is 55.5 Å². The molecule has 0 spiro atoms. The molecular weight excluding hydrogens is 316 g/mol. The summed E-state index contributed by atoms with van der Waals surface area (Å²) >= 11 is 0. The Bertz CT molecular complexity index is 658. The molecule has 0 unspecified atom stereocenters. The molecule has 25 heavy (non-hydrogen) atoms. The minimum absolute atomic E-state index is 0.0362. The molecule has 2 fully saturated rings. The van der Waals surface area contributed by atoms with Crippen LogP contribution in [-0.2, 0) is 16.0 Å². The van der Waals surface area contributed by atoms with Crippen LogP contribution in [0.4, 0.5) is 0 Å². The van der Waals surface area contributed by atoms with Crippen LogP contribution in [0.2, 0.25) is 0 Å². The predicted molar refractivity (Wildman–Crippen MR) is 94.8 cm³/mol. The van der Waals surface area contributed by atoms with Gasteiger partial charge in [-0.05, 0) is 48.8 Å². The summed E-state index contributed by atoms with van der Waals surface area (Å²) in [6, 6.07) is 7.58. The number of amides is 3. The Hall–Kier alpha value is -2.17. The first kappa shape index (κ1) is 17.6. The number of benzene rings is 1. The van der Waals surface area contributed by atoms with Gasteiger partial charge in [0.05, 0.1) is 5.92 Å². The summed E-state index contributed by atoms with van der Waals surface area (Å²) in [6.07, 6.45) is 4.34. The van der Waals surface area contributed by atoms with E-state index in [1.807, 2.05) is 12.1 Å². The van der Waals surface area contributed by atoms with Gasteiger partial charge in [-0.2, -0.15) is 0 Å². The van der Waals surface area contributed by atoms with E-state index in [0.29, 0.717) is 23.8 Å². The summed E-state index contributed by atoms with van der Waals surface area (Å²) in [6.45, 7) is 4.41. The number of carbonyl (C=O) groups is 3. The predicted octanol–water partition coefficient (Wildman–Crippen LogP) is 2.45. The summed E-state index contributed by atoms with van der Waals surface area (Å²) in [7, 11) is 0. The van der Waals surface area contributed by atoms with E-state index >= 15 is 0 Å². The molecule has 1 aromatic rings. The topological polar surface area (TPSA) is 75.3 Å². The van der Waals surface area contributed by atoms with E-state index in [1.54, 1.807) is 12.1 Å². The van der Waals surface area contributed by atoms with Crippen LogP contribution < -0.4 is 10.6 Å². The van der Waals surface area contributed by atoms with Crippen LogP contribution in [0, 0.1) is 17.8 Å². The highest BCUT2D eigenvalue weighted by molar-refractivity contribution is 6.03. The minimum Gasteiger partial charge on any atom is -0.349 e. The van der Waals surface area contributed by atoms with Gasteiger partial charge in [0, 0.05) is 18.0 Å². The SMILES string of the molecule is C[C@@H]1CCC[C@@H](C)C1NC(=O)c1ccc(C[C@H]2CC(=O)NC2=O)cc1. The van der Waals surface area contributed by atoms with Gasteiger partial charge < -0.3 is 5.32 Å². The third-order valence-corrected chi connectivity index (χ3v) is 5.61. The van der Waals surface area contributed by atoms with E-state index in [1.165, 1.54) is 6.42 Å². The molecule has 3 rings (SSSR count). The molecule has 3 amide bonds. The molecule has 5 heteroatoms. The van der Waals surface area contributed by atoms with Crippen molar-refractivity contribution in [1.82, 2.24) is 10.6 Å². The van der Waals surface area contributed by atoms with Crippen LogP contribution in [0.15, 0.2) is 24.3 Å². The van der Waals surface area contributed by atoms with Gasteiger partial charge in [-0.1, -0.05) is 32.4 Å². The third kappa shape index (κ3) is 4.09. The van der Waals surface area contributed by atoms with Crippen molar-refractivity contribution in [2.75, 3.05) is 0 Å². The van der Waals surface area contributed by atoms with Gasteiger partial charge in [-0.15, -0.1) is 0 Å². The smallest absolute Gasteiger partial charge is 0.251 e. The van der Waals surface area contributed by atoms with Gasteiger partial charge in [0.25, 0.3) is 5.91 Å². The number of nitrogens with one attached hydrogen (secondary N) is 2. The standard InChI is InChI=1S/C20H26N2O3/c1-12-4-3-5-13(2)18(12)22-19(24)15-8-6-14(7-9-15)10-16-11-17(23)21-20(16)25/h6-9,12-13,16,18H,3-5,10-11H2,1-2H3,(H,22,24)(H,21,23,25)/t12-,13-,16+/m1/s1. The fourth-order valence-electron chi connectivity index (χ4n) is 4.05. The molecule has 2 aliphatic rings. The number of hydrogen-bond donors (Lipinski definition) is 2. The fraction of sp³-hybridized carbons (Fsp3) is 0.550. The van der Waals surface area contributed by atoms with E-state index < -0.39 is 0 Å². The first-order valence-electron chi connectivity index (χ1n) is 9.17. The average Bonchev–Trinajstić information content (AvgIpc) is 2.89. The highest BCUT2D eigenvalue weighted by Gasteiger charge is 2.31. The largest absolute Gasteiger partial charge is 0.349 e. The van der Waals surface area contributed by atoms with E-state index in [9.17, 15) is 14.4 Å². The normalized spacial score (nSPS) is 27.2. The van der Waals surface area contributed by atoms with Crippen molar-refractivity contribution in [3.63, 3.8) is 0 Å². The maximum absolute atomic E-state index is 12.5. The summed E-state index contributed by atoms with van der Waals surface area (Å²) < 4.78 is 0. The Labute approximate surface area is 148 Å². The van der Waals surface area contributed by atoms with E-state index in [-0.39, 0.29) is 36.1 Å². The van der Waals surface area contributed by atoms with Crippen molar-refractivity contribution in [1.29, 1.82) is 0 Å². The molecule has 1 saturated heterocycles. The monoisotopic (exact) mass is 342 g/mol. The fourth-order valence-corrected chi connectivity index (χ4v) is 4.05. The average molecular weight is 342 g/mol. The Morgan fingerprint density at radius 3 is 2.32 bits per heavy atom. The number of imide groups is 1. The Balaban J connectivity index is 1.60. The third-order valence-electron chi connectivity index (χ3n) is 5.61. The zero-order chi connectivity index (χ0) is 18.0. The zero-order valence-electron chi connectivity index (χ0n) is 14.9. The van der Waals surface area contributed by atoms with Crippen molar-refractivity contribution in [2.45, 2.75) is 52.0 Å². The number of hydrogen-bond acceptors (Lipinski definition) is 3. The number of rotatable bonds is 4. The van der Waals surface area contributed by atoms with E-state index in [0.717, 1.165) is 18.4 Å². The van der Waals surface area contributed by atoms with Crippen molar-refractivity contribution < 1.29 is 14.4 Å². The van der Waals surface area contributed by atoms with Crippen LogP contribution >= 0.6 is 0 Å². The molecule has 1 aliphatic heterocycles. The number of carbonyl (C=O) groups excluding carboxylic acids is 3. The highest BCUT2D eigenvalue weighted by atomic mass is 16.2. The molecule has 0 aromatic heterocycles. The molecule has 134 valence electrons. The molecule has 3 atom stereocenters. The van der Waals surface area contributed by atoms with Crippen molar-refractivity contribution in [3.8, 4) is 0 Å². The van der Waals surface area contributed by atoms with Gasteiger partial charge in [0.1, 0.15) is 0 Å². The molecular formula is C20H26N2O3. The lowest BCUT2D eigenvalue weighted by Crippen LogP contribution is -2.45. The molecule has 2 N–H and O–H groups in total. The molecule has 1 saturated carbocycles. The van der Waals surface area contributed by atoms with Gasteiger partial charge in [0.15, 0.2) is 0 Å². The summed E-state index contributed by atoms with van der Waals surface area (Å²) in [4.78, 5) is 35.4. The zero-order valence-corrected chi connectivity index (χ0v) is 14.9. The molecule has 0 bridgehead atoms. The molecule has 1 heterocycles. The Morgan fingerprint density at radius 1 is 1.12 bits per heavy atom. The lowest BCUT2D eigenvalue weighted by Gasteiger charge is -2.35. The summed E-state index contributed by atoms with van der Waals surface area (Å²) in [5.74, 6) is 0.270. The maximum Gasteiger partial charge on any atom is 0.251 e. The van der Waals surface area contributed by atoms with E-state index in [2.05, 4.69) is 24.5 Å². The lowest BCUT2D eigenvalue weighted by atomic mass is 9.78. The first-order chi connectivity index (χ1) is 11.9. The van der Waals surface area contributed by atoms with Crippen LogP contribution in [-0.4, -0.2) is 23.8 Å². The van der Waals surface area contributed by atoms with Crippen LogP contribution in [0.25, 0.3) is 0 Å². The van der Waals surface area contributed by atoms with Crippen molar-refractivity contribution in [3.05, 3.63) is 35.4 Å². The maximum atomic E-state index is 12.5. The first-order valence-corrected chi connectivity index (χ1v) is 9.17. The van der Waals surface area contributed by atoms with Gasteiger partial charge in [0.2, 0.25) is 11.8 Å². The lowest BCUT2D eigenvalue weighted by molar-refractivity contribution is -0.125. The van der Waals surface area contributed by atoms with Gasteiger partial charge in [-0.25, -0.2) is 0 Å². The Morgan fingerprint density at radius 2 is 1.76 bits per heavy atom. The van der Waals surface area contributed by atoms with Crippen molar-refractivity contribution in [2.24, 2.45) is 17.8 Å².